The Morgan fingerprint density at radius 3 is 2.11 bits per heavy atom. The van der Waals surface area contributed by atoms with Crippen molar-refractivity contribution in [1.29, 1.82) is 0 Å². The van der Waals surface area contributed by atoms with Crippen LogP contribution < -0.4 is 0 Å². The number of aliphatic hydroxyl groups is 2. The lowest BCUT2D eigenvalue weighted by Gasteiger charge is -2.04. The molecular weight excluding hydrogens is 127 g/mol. The van der Waals surface area contributed by atoms with Crippen molar-refractivity contribution in [2.75, 3.05) is 0 Å². The third-order valence-corrected chi connectivity index (χ3v) is 1.42. The summed E-state index contributed by atoms with van der Waals surface area (Å²) < 4.78 is 16.9. The lowest BCUT2D eigenvalue weighted by atomic mass is 10.2. The maximum absolute atomic E-state index is 12.4. The van der Waals surface area contributed by atoms with Gasteiger partial charge in [-0.2, -0.15) is 0 Å². The number of halogens is 1. The number of ether oxygens (including phenoxy) is 1. The highest BCUT2D eigenvalue weighted by Crippen LogP contribution is 2.21. The second kappa shape index (κ2) is 2.21. The molecule has 4 atom stereocenters. The van der Waals surface area contributed by atoms with E-state index >= 15 is 0 Å². The molecule has 9 heavy (non-hydrogen) atoms. The van der Waals surface area contributed by atoms with Crippen LogP contribution in [0.1, 0.15) is 6.92 Å². The summed E-state index contributed by atoms with van der Waals surface area (Å²) in [4.78, 5) is 0. The second-order valence-electron chi connectivity index (χ2n) is 2.17. The SMILES string of the molecule is C[C@H]1O[C@@H](O)[C@H](O)[C@H]1F. The maximum Gasteiger partial charge on any atom is 0.184 e. The third-order valence-electron chi connectivity index (χ3n) is 1.42. The molecule has 1 saturated heterocycles. The summed E-state index contributed by atoms with van der Waals surface area (Å²) >= 11 is 0. The van der Waals surface area contributed by atoms with Gasteiger partial charge in [0.2, 0.25) is 0 Å². The smallest absolute Gasteiger partial charge is 0.184 e. The minimum absolute atomic E-state index is 0.699. The van der Waals surface area contributed by atoms with Crippen molar-refractivity contribution in [3.63, 3.8) is 0 Å². The average Bonchev–Trinajstić information content (AvgIpc) is 1.98. The fraction of sp³-hybridized carbons (Fsp3) is 1.00. The minimum Gasteiger partial charge on any atom is -0.385 e. The summed E-state index contributed by atoms with van der Waals surface area (Å²) in [5.41, 5.74) is 0. The molecule has 54 valence electrons. The average molecular weight is 136 g/mol. The largest absolute Gasteiger partial charge is 0.385 e. The molecule has 1 rings (SSSR count). The van der Waals surface area contributed by atoms with E-state index in [-0.39, 0.29) is 0 Å². The molecular formula is C5H9FO3. The first-order valence-electron chi connectivity index (χ1n) is 2.78. The standard InChI is InChI=1S/C5H9FO3/c1-2-3(6)4(7)5(8)9-2/h2-5,7-8H,1H3/t2-,3+,4-,5-/m1/s1. The van der Waals surface area contributed by atoms with Crippen LogP contribution in [0.15, 0.2) is 0 Å². The van der Waals surface area contributed by atoms with Crippen LogP contribution in [0.25, 0.3) is 0 Å². The number of hydrogen-bond donors (Lipinski definition) is 2. The molecule has 0 unspecified atom stereocenters. The van der Waals surface area contributed by atoms with Crippen molar-refractivity contribution in [1.82, 2.24) is 0 Å². The van der Waals surface area contributed by atoms with Crippen molar-refractivity contribution in [2.24, 2.45) is 0 Å². The van der Waals surface area contributed by atoms with Crippen LogP contribution in [0.4, 0.5) is 4.39 Å². The van der Waals surface area contributed by atoms with Gasteiger partial charge in [-0.1, -0.05) is 0 Å². The molecule has 1 fully saturated rings. The molecule has 1 heterocycles. The molecule has 0 radical (unpaired) electrons. The van der Waals surface area contributed by atoms with Gasteiger partial charge in [-0.3, -0.25) is 0 Å². The first-order valence-corrected chi connectivity index (χ1v) is 2.78. The van der Waals surface area contributed by atoms with E-state index in [9.17, 15) is 4.39 Å². The first kappa shape index (κ1) is 6.92. The van der Waals surface area contributed by atoms with Gasteiger partial charge in [-0.05, 0) is 6.92 Å². The lowest BCUT2D eigenvalue weighted by Crippen LogP contribution is -2.27. The van der Waals surface area contributed by atoms with Crippen molar-refractivity contribution in [3.05, 3.63) is 0 Å². The summed E-state index contributed by atoms with van der Waals surface area (Å²) in [5, 5.41) is 17.3. The van der Waals surface area contributed by atoms with Gasteiger partial charge >= 0.3 is 0 Å². The summed E-state index contributed by atoms with van der Waals surface area (Å²) in [6.45, 7) is 1.46. The zero-order chi connectivity index (χ0) is 7.02. The number of alkyl halides is 1. The molecule has 1 aliphatic rings. The van der Waals surface area contributed by atoms with E-state index in [1.807, 2.05) is 0 Å². The molecule has 0 aliphatic carbocycles. The fourth-order valence-corrected chi connectivity index (χ4v) is 0.810. The van der Waals surface area contributed by atoms with Gasteiger partial charge in [0, 0.05) is 0 Å². The molecule has 3 nitrogen and oxygen atoms in total. The van der Waals surface area contributed by atoms with Crippen LogP contribution in [0.3, 0.4) is 0 Å². The summed E-state index contributed by atoms with van der Waals surface area (Å²) in [7, 11) is 0. The highest BCUT2D eigenvalue weighted by molar-refractivity contribution is 4.82. The molecule has 2 N–H and O–H groups in total. The topological polar surface area (TPSA) is 49.7 Å². The summed E-state index contributed by atoms with van der Waals surface area (Å²) in [6.07, 6.45) is -4.88. The van der Waals surface area contributed by atoms with Gasteiger partial charge < -0.3 is 14.9 Å². The molecule has 0 amide bonds. The van der Waals surface area contributed by atoms with Gasteiger partial charge in [0.15, 0.2) is 12.5 Å². The van der Waals surface area contributed by atoms with Crippen LogP contribution in [0, 0.1) is 0 Å². The van der Waals surface area contributed by atoms with Crippen molar-refractivity contribution < 1.29 is 19.3 Å². The maximum atomic E-state index is 12.4. The molecule has 0 saturated carbocycles. The van der Waals surface area contributed by atoms with Gasteiger partial charge in [0.05, 0.1) is 6.10 Å². The van der Waals surface area contributed by atoms with Gasteiger partial charge in [-0.25, -0.2) is 4.39 Å². The predicted octanol–water partition coefficient (Wildman–Crippen LogP) is -0.577. The van der Waals surface area contributed by atoms with Crippen LogP contribution in [-0.2, 0) is 4.74 Å². The van der Waals surface area contributed by atoms with E-state index in [0.717, 1.165) is 0 Å². The Bertz CT molecular complexity index is 96.4. The molecule has 0 aromatic heterocycles. The molecule has 0 spiro atoms. The zero-order valence-electron chi connectivity index (χ0n) is 4.99. The van der Waals surface area contributed by atoms with E-state index in [1.54, 1.807) is 0 Å². The highest BCUT2D eigenvalue weighted by atomic mass is 19.1. The van der Waals surface area contributed by atoms with Gasteiger partial charge in [0.25, 0.3) is 0 Å². The summed E-state index contributed by atoms with van der Waals surface area (Å²) in [5.74, 6) is 0. The highest BCUT2D eigenvalue weighted by Gasteiger charge is 2.40. The van der Waals surface area contributed by atoms with E-state index in [4.69, 9.17) is 10.2 Å². The van der Waals surface area contributed by atoms with E-state index in [1.165, 1.54) is 6.92 Å². The monoisotopic (exact) mass is 136 g/mol. The second-order valence-corrected chi connectivity index (χ2v) is 2.17. The molecule has 4 heteroatoms. The van der Waals surface area contributed by atoms with Crippen LogP contribution in [0.5, 0.6) is 0 Å². The number of hydrogen-bond acceptors (Lipinski definition) is 3. The van der Waals surface area contributed by atoms with E-state index in [2.05, 4.69) is 4.74 Å². The normalized spacial score (nSPS) is 52.0. The minimum atomic E-state index is -1.46. The zero-order valence-corrected chi connectivity index (χ0v) is 4.99. The Morgan fingerprint density at radius 1 is 1.44 bits per heavy atom. The number of rotatable bonds is 0. The third kappa shape index (κ3) is 1.05. The molecule has 0 aromatic carbocycles. The van der Waals surface area contributed by atoms with Crippen LogP contribution in [-0.4, -0.2) is 34.9 Å². The Kier molecular flexibility index (Phi) is 1.70. The predicted molar refractivity (Wildman–Crippen MR) is 27.5 cm³/mol. The molecule has 0 bridgehead atoms. The molecule has 0 aromatic rings. The Balaban J connectivity index is 2.54. The van der Waals surface area contributed by atoms with Crippen LogP contribution in [0.2, 0.25) is 0 Å². The van der Waals surface area contributed by atoms with E-state index in [0.29, 0.717) is 0 Å². The number of aliphatic hydroxyl groups excluding tert-OH is 2. The Labute approximate surface area is 52.1 Å². The van der Waals surface area contributed by atoms with Crippen molar-refractivity contribution in [2.45, 2.75) is 31.6 Å². The first-order chi connectivity index (χ1) is 4.13. The van der Waals surface area contributed by atoms with Crippen molar-refractivity contribution >= 4 is 0 Å². The van der Waals surface area contributed by atoms with E-state index < -0.39 is 24.7 Å². The molecule has 1 aliphatic heterocycles. The van der Waals surface area contributed by atoms with Gasteiger partial charge in [0.1, 0.15) is 6.10 Å². The quantitative estimate of drug-likeness (QED) is 0.468. The lowest BCUT2D eigenvalue weighted by molar-refractivity contribution is -0.123. The van der Waals surface area contributed by atoms with Crippen molar-refractivity contribution in [3.8, 4) is 0 Å². The fourth-order valence-electron chi connectivity index (χ4n) is 0.810. The Hall–Kier alpha value is -0.190. The Morgan fingerprint density at radius 2 is 2.00 bits per heavy atom. The van der Waals surface area contributed by atoms with Crippen LogP contribution >= 0.6 is 0 Å². The summed E-state index contributed by atoms with van der Waals surface area (Å²) in [6, 6.07) is 0. The van der Waals surface area contributed by atoms with Gasteiger partial charge in [-0.15, -0.1) is 0 Å².